The molecule has 0 saturated carbocycles. The van der Waals surface area contributed by atoms with Gasteiger partial charge in [-0.1, -0.05) is 19.1 Å². The lowest BCUT2D eigenvalue weighted by atomic mass is 10.3. The monoisotopic (exact) mass is 235 g/mol. The molecule has 0 aliphatic carbocycles. The molecule has 0 fully saturated rings. The molecule has 1 amide bonds. The first kappa shape index (κ1) is 13.4. The van der Waals surface area contributed by atoms with E-state index in [1.807, 2.05) is 29.8 Å². The number of rotatable bonds is 6. The Morgan fingerprint density at radius 2 is 2.35 bits per heavy atom. The van der Waals surface area contributed by atoms with Crippen molar-refractivity contribution in [1.29, 1.82) is 0 Å². The smallest absolute Gasteiger partial charge is 0.267 e. The van der Waals surface area contributed by atoms with Crippen molar-refractivity contribution in [2.75, 3.05) is 12.3 Å². The number of nitrogens with zero attached hydrogens (tertiary/aromatic N) is 1. The van der Waals surface area contributed by atoms with E-state index in [4.69, 9.17) is 5.73 Å². The third kappa shape index (κ3) is 3.98. The first-order valence-electron chi connectivity index (χ1n) is 6.04. The van der Waals surface area contributed by atoms with E-state index in [0.717, 1.165) is 19.4 Å². The molecular formula is C13H21N3O. The Hall–Kier alpha value is -1.71. The summed E-state index contributed by atoms with van der Waals surface area (Å²) in [7, 11) is 0. The molecule has 0 aromatic carbocycles. The van der Waals surface area contributed by atoms with E-state index in [2.05, 4.69) is 12.2 Å². The third-order valence-electron chi connectivity index (χ3n) is 2.45. The van der Waals surface area contributed by atoms with E-state index >= 15 is 0 Å². The number of nitrogens with one attached hydrogen (secondary N) is 1. The second-order valence-electron chi connectivity index (χ2n) is 3.97. The summed E-state index contributed by atoms with van der Waals surface area (Å²) in [5, 5.41) is 2.88. The zero-order chi connectivity index (χ0) is 12.7. The maximum atomic E-state index is 11.9. The van der Waals surface area contributed by atoms with Crippen LogP contribution in [0.5, 0.6) is 0 Å². The van der Waals surface area contributed by atoms with Gasteiger partial charge in [0, 0.05) is 19.3 Å². The average Bonchev–Trinajstić information content (AvgIpc) is 2.66. The van der Waals surface area contributed by atoms with E-state index in [1.165, 1.54) is 0 Å². The maximum Gasteiger partial charge on any atom is 0.267 e. The lowest BCUT2D eigenvalue weighted by Gasteiger charge is -2.07. The van der Waals surface area contributed by atoms with Crippen LogP contribution in [0, 0.1) is 0 Å². The fourth-order valence-electron chi connectivity index (χ4n) is 1.68. The van der Waals surface area contributed by atoms with Gasteiger partial charge >= 0.3 is 0 Å². The van der Waals surface area contributed by atoms with Crippen molar-refractivity contribution in [3.8, 4) is 0 Å². The predicted octanol–water partition coefficient (Wildman–Crippen LogP) is 2.18. The lowest BCUT2D eigenvalue weighted by molar-refractivity contribution is 0.0945. The molecule has 17 heavy (non-hydrogen) atoms. The first-order chi connectivity index (χ1) is 8.19. The number of carbonyl (C=O) groups excluding carboxylic acids is 1. The molecule has 94 valence electrons. The molecule has 0 saturated heterocycles. The highest BCUT2D eigenvalue weighted by Gasteiger charge is 2.11. The Labute approximate surface area is 102 Å². The molecule has 0 spiro atoms. The minimum Gasteiger partial charge on any atom is -0.397 e. The Morgan fingerprint density at radius 3 is 3.00 bits per heavy atom. The second kappa shape index (κ2) is 6.78. The van der Waals surface area contributed by atoms with Crippen molar-refractivity contribution in [1.82, 2.24) is 9.88 Å². The van der Waals surface area contributed by atoms with Gasteiger partial charge < -0.3 is 15.6 Å². The van der Waals surface area contributed by atoms with E-state index < -0.39 is 0 Å². The summed E-state index contributed by atoms with van der Waals surface area (Å²) in [5.41, 5.74) is 6.99. The fourth-order valence-corrected chi connectivity index (χ4v) is 1.68. The zero-order valence-electron chi connectivity index (χ0n) is 10.6. The molecule has 0 aliphatic heterocycles. The normalized spacial score (nSPS) is 10.9. The molecule has 1 aromatic heterocycles. The van der Waals surface area contributed by atoms with Gasteiger partial charge in [0.1, 0.15) is 5.69 Å². The lowest BCUT2D eigenvalue weighted by Crippen LogP contribution is -2.26. The van der Waals surface area contributed by atoms with Crippen LogP contribution in [0.15, 0.2) is 24.4 Å². The molecule has 4 nitrogen and oxygen atoms in total. The van der Waals surface area contributed by atoms with Crippen LogP contribution in [-0.4, -0.2) is 17.0 Å². The number of amides is 1. The van der Waals surface area contributed by atoms with Crippen molar-refractivity contribution in [2.24, 2.45) is 0 Å². The van der Waals surface area contributed by atoms with Gasteiger partial charge in [0.15, 0.2) is 0 Å². The summed E-state index contributed by atoms with van der Waals surface area (Å²) >= 11 is 0. The number of aromatic nitrogens is 1. The quantitative estimate of drug-likeness (QED) is 0.586. The number of aryl methyl sites for hydroxylation is 1. The number of hydrogen-bond donors (Lipinski definition) is 2. The standard InChI is InChI=1S/C13H21N3O/c1-3-5-6-7-15-13(17)12-9-11(14)10-16(12)8-4-2/h3,5,9-10H,4,6-8,14H2,1-2H3,(H,15,17)/b5-3+. The van der Waals surface area contributed by atoms with Gasteiger partial charge in [0.05, 0.1) is 5.69 Å². The number of nitrogens with two attached hydrogens (primary N) is 1. The SMILES string of the molecule is C/C=C/CCNC(=O)c1cc(N)cn1CCC. The first-order valence-corrected chi connectivity index (χ1v) is 6.04. The van der Waals surface area contributed by atoms with Gasteiger partial charge in [-0.3, -0.25) is 4.79 Å². The average molecular weight is 235 g/mol. The van der Waals surface area contributed by atoms with Crippen molar-refractivity contribution < 1.29 is 4.79 Å². The van der Waals surface area contributed by atoms with Crippen LogP contribution >= 0.6 is 0 Å². The molecule has 0 atom stereocenters. The summed E-state index contributed by atoms with van der Waals surface area (Å²) in [4.78, 5) is 11.9. The van der Waals surface area contributed by atoms with Crippen LogP contribution < -0.4 is 11.1 Å². The summed E-state index contributed by atoms with van der Waals surface area (Å²) < 4.78 is 1.90. The van der Waals surface area contributed by atoms with Crippen molar-refractivity contribution in [3.63, 3.8) is 0 Å². The van der Waals surface area contributed by atoms with Gasteiger partial charge in [-0.25, -0.2) is 0 Å². The predicted molar refractivity (Wildman–Crippen MR) is 70.9 cm³/mol. The summed E-state index contributed by atoms with van der Waals surface area (Å²) in [5.74, 6) is -0.0559. The van der Waals surface area contributed by atoms with E-state index in [0.29, 0.717) is 17.9 Å². The van der Waals surface area contributed by atoms with Crippen LogP contribution in [0.4, 0.5) is 5.69 Å². The largest absolute Gasteiger partial charge is 0.397 e. The molecular weight excluding hydrogens is 214 g/mol. The van der Waals surface area contributed by atoms with Crippen LogP contribution in [0.1, 0.15) is 37.2 Å². The molecule has 1 rings (SSSR count). The Balaban J connectivity index is 2.61. The molecule has 3 N–H and O–H groups in total. The molecule has 0 unspecified atom stereocenters. The van der Waals surface area contributed by atoms with Crippen molar-refractivity contribution in [3.05, 3.63) is 30.1 Å². The van der Waals surface area contributed by atoms with Crippen LogP contribution in [0.2, 0.25) is 0 Å². The molecule has 0 aliphatic rings. The van der Waals surface area contributed by atoms with E-state index in [-0.39, 0.29) is 5.91 Å². The number of allylic oxidation sites excluding steroid dienone is 1. The minimum absolute atomic E-state index is 0.0559. The van der Waals surface area contributed by atoms with Crippen molar-refractivity contribution in [2.45, 2.75) is 33.2 Å². The Kier molecular flexibility index (Phi) is 5.33. The highest BCUT2D eigenvalue weighted by molar-refractivity contribution is 5.93. The number of carbonyl (C=O) groups is 1. The zero-order valence-corrected chi connectivity index (χ0v) is 10.6. The molecule has 0 bridgehead atoms. The van der Waals surface area contributed by atoms with Crippen LogP contribution in [-0.2, 0) is 6.54 Å². The van der Waals surface area contributed by atoms with Gasteiger partial charge in [-0.15, -0.1) is 0 Å². The third-order valence-corrected chi connectivity index (χ3v) is 2.45. The summed E-state index contributed by atoms with van der Waals surface area (Å²) in [6.45, 7) is 5.51. The second-order valence-corrected chi connectivity index (χ2v) is 3.97. The van der Waals surface area contributed by atoms with Crippen molar-refractivity contribution >= 4 is 11.6 Å². The Bertz CT molecular complexity index is 393. The van der Waals surface area contributed by atoms with Gasteiger partial charge in [0.25, 0.3) is 5.91 Å². The fraction of sp³-hybridized carbons (Fsp3) is 0.462. The van der Waals surface area contributed by atoms with E-state index in [1.54, 1.807) is 6.07 Å². The minimum atomic E-state index is -0.0559. The van der Waals surface area contributed by atoms with Gasteiger partial charge in [0.2, 0.25) is 0 Å². The maximum absolute atomic E-state index is 11.9. The molecule has 1 aromatic rings. The summed E-state index contributed by atoms with van der Waals surface area (Å²) in [6, 6.07) is 1.72. The van der Waals surface area contributed by atoms with Crippen LogP contribution in [0.25, 0.3) is 0 Å². The highest BCUT2D eigenvalue weighted by atomic mass is 16.1. The molecule has 4 heteroatoms. The number of hydrogen-bond acceptors (Lipinski definition) is 2. The topological polar surface area (TPSA) is 60.1 Å². The Morgan fingerprint density at radius 1 is 1.59 bits per heavy atom. The summed E-state index contributed by atoms with van der Waals surface area (Å²) in [6.07, 6.45) is 7.65. The number of anilines is 1. The molecule has 1 heterocycles. The molecule has 0 radical (unpaired) electrons. The number of nitrogen functional groups attached to an aromatic ring is 1. The van der Waals surface area contributed by atoms with Crippen LogP contribution in [0.3, 0.4) is 0 Å². The van der Waals surface area contributed by atoms with E-state index in [9.17, 15) is 4.79 Å². The van der Waals surface area contributed by atoms with Gasteiger partial charge in [-0.2, -0.15) is 0 Å². The van der Waals surface area contributed by atoms with Gasteiger partial charge in [-0.05, 0) is 25.8 Å². The highest BCUT2D eigenvalue weighted by Crippen LogP contribution is 2.11.